The Balaban J connectivity index is 0.00000578. The molecule has 0 aliphatic heterocycles. The van der Waals surface area contributed by atoms with E-state index >= 15 is 0 Å². The van der Waals surface area contributed by atoms with Crippen molar-refractivity contribution in [1.82, 2.24) is 5.32 Å². The minimum absolute atomic E-state index is 0. The van der Waals surface area contributed by atoms with Crippen molar-refractivity contribution >= 4 is 17.5 Å². The first-order valence-electron chi connectivity index (χ1n) is 12.8. The third-order valence-electron chi connectivity index (χ3n) is 6.04. The second-order valence-electron chi connectivity index (χ2n) is 8.86. The highest BCUT2D eigenvalue weighted by Crippen LogP contribution is 2.23. The number of hydrogen-bond donors (Lipinski definition) is 1. The molecular weight excluding hydrogens is 559 g/mol. The zero-order chi connectivity index (χ0) is 23.7. The van der Waals surface area contributed by atoms with Gasteiger partial charge in [-0.05, 0) is 24.6 Å². The van der Waals surface area contributed by atoms with Crippen LogP contribution in [0.3, 0.4) is 0 Å². The van der Waals surface area contributed by atoms with E-state index in [0.29, 0.717) is 29.5 Å². The maximum absolute atomic E-state index is 12.5. The van der Waals surface area contributed by atoms with Gasteiger partial charge in [-0.3, -0.25) is 4.79 Å². The summed E-state index contributed by atoms with van der Waals surface area (Å²) < 4.78 is 7.82. The normalized spacial score (nSPS) is 10.6. The molecule has 0 aliphatic rings. The van der Waals surface area contributed by atoms with E-state index in [9.17, 15) is 4.79 Å². The molecule has 0 bridgehead atoms. The first-order valence-corrected chi connectivity index (χ1v) is 13.1. The second-order valence-corrected chi connectivity index (χ2v) is 9.27. The number of ether oxygens (including phenoxy) is 1. The van der Waals surface area contributed by atoms with Crippen LogP contribution in [0.2, 0.25) is 5.02 Å². The average Bonchev–Trinajstić information content (AvgIpc) is 2.81. The van der Waals surface area contributed by atoms with Gasteiger partial charge in [-0.1, -0.05) is 95.2 Å². The van der Waals surface area contributed by atoms with Gasteiger partial charge in [0.2, 0.25) is 0 Å². The van der Waals surface area contributed by atoms with Gasteiger partial charge in [0.1, 0.15) is 19.3 Å². The van der Waals surface area contributed by atoms with Gasteiger partial charge in [-0.25, -0.2) is 4.57 Å². The molecule has 1 aromatic carbocycles. The molecule has 0 atom stereocenters. The number of benzene rings is 1. The van der Waals surface area contributed by atoms with Crippen molar-refractivity contribution in [2.45, 2.75) is 90.5 Å². The molecule has 0 saturated carbocycles. The summed E-state index contributed by atoms with van der Waals surface area (Å²) in [6.45, 7) is 3.40. The van der Waals surface area contributed by atoms with Gasteiger partial charge >= 0.3 is 0 Å². The molecule has 6 heteroatoms. The van der Waals surface area contributed by atoms with Gasteiger partial charge < -0.3 is 34.0 Å². The number of hydrogen-bond acceptors (Lipinski definition) is 2. The Kier molecular flexibility index (Phi) is 17.1. The second kappa shape index (κ2) is 18.9. The SMILES string of the molecule is CCCCCCCCCCCCCCOc1ccc(C(=O)NCc2cccc[n+]2C)c(Cl)c1.[I-]. The average molecular weight is 601 g/mol. The third kappa shape index (κ3) is 12.4. The topological polar surface area (TPSA) is 42.2 Å². The number of nitrogens with one attached hydrogen (secondary N) is 1. The number of rotatable bonds is 17. The molecule has 190 valence electrons. The van der Waals surface area contributed by atoms with E-state index in [1.807, 2.05) is 42.1 Å². The molecule has 0 spiro atoms. The van der Waals surface area contributed by atoms with E-state index < -0.39 is 0 Å². The Morgan fingerprint density at radius 2 is 1.53 bits per heavy atom. The van der Waals surface area contributed by atoms with Crippen LogP contribution >= 0.6 is 11.6 Å². The lowest BCUT2D eigenvalue weighted by Gasteiger charge is -2.10. The van der Waals surface area contributed by atoms with Gasteiger partial charge in [-0.15, -0.1) is 0 Å². The first-order chi connectivity index (χ1) is 16.1. The van der Waals surface area contributed by atoms with Crippen LogP contribution < -0.4 is 38.6 Å². The fourth-order valence-corrected chi connectivity index (χ4v) is 4.17. The summed E-state index contributed by atoms with van der Waals surface area (Å²) in [6, 6.07) is 11.2. The maximum atomic E-state index is 12.5. The molecule has 1 heterocycles. The number of pyridine rings is 1. The van der Waals surface area contributed by atoms with Crippen LogP contribution in [0, 0.1) is 0 Å². The number of amides is 1. The summed E-state index contributed by atoms with van der Waals surface area (Å²) in [5, 5.41) is 3.34. The highest BCUT2D eigenvalue weighted by Gasteiger charge is 2.13. The lowest BCUT2D eigenvalue weighted by Crippen LogP contribution is -3.00. The van der Waals surface area contributed by atoms with Crippen molar-refractivity contribution in [2.24, 2.45) is 7.05 Å². The number of carbonyl (C=O) groups excluding carboxylic acids is 1. The molecule has 34 heavy (non-hydrogen) atoms. The van der Waals surface area contributed by atoms with Gasteiger partial charge in [0.05, 0.1) is 17.2 Å². The molecule has 4 nitrogen and oxygen atoms in total. The van der Waals surface area contributed by atoms with Crippen LogP contribution in [0.5, 0.6) is 5.75 Å². The summed E-state index contributed by atoms with van der Waals surface area (Å²) in [6.07, 6.45) is 17.9. The van der Waals surface area contributed by atoms with Crippen molar-refractivity contribution in [3.8, 4) is 5.75 Å². The highest BCUT2D eigenvalue weighted by atomic mass is 127. The molecular formula is C28H42ClIN2O2. The van der Waals surface area contributed by atoms with Crippen molar-refractivity contribution in [3.63, 3.8) is 0 Å². The molecule has 1 N–H and O–H groups in total. The van der Waals surface area contributed by atoms with Crippen molar-refractivity contribution in [1.29, 1.82) is 0 Å². The maximum Gasteiger partial charge on any atom is 0.253 e. The van der Waals surface area contributed by atoms with E-state index in [2.05, 4.69) is 12.2 Å². The predicted molar refractivity (Wildman–Crippen MR) is 137 cm³/mol. The lowest BCUT2D eigenvalue weighted by atomic mass is 10.1. The molecule has 1 aromatic heterocycles. The zero-order valence-electron chi connectivity index (χ0n) is 21.0. The molecule has 0 saturated heterocycles. The number of nitrogens with zero attached hydrogens (tertiary/aromatic N) is 1. The summed E-state index contributed by atoms with van der Waals surface area (Å²) in [7, 11) is 1.96. The quantitative estimate of drug-likeness (QED) is 0.168. The van der Waals surface area contributed by atoms with Crippen LogP contribution in [0.15, 0.2) is 42.6 Å². The lowest BCUT2D eigenvalue weighted by molar-refractivity contribution is -0.679. The monoisotopic (exact) mass is 600 g/mol. The van der Waals surface area contributed by atoms with Gasteiger partial charge in [0.15, 0.2) is 11.9 Å². The Morgan fingerprint density at radius 1 is 0.912 bits per heavy atom. The molecule has 1 amide bonds. The van der Waals surface area contributed by atoms with E-state index in [4.69, 9.17) is 16.3 Å². The zero-order valence-corrected chi connectivity index (χ0v) is 23.9. The van der Waals surface area contributed by atoms with Crippen LogP contribution in [-0.4, -0.2) is 12.5 Å². The van der Waals surface area contributed by atoms with E-state index in [1.54, 1.807) is 12.1 Å². The van der Waals surface area contributed by atoms with Crippen molar-refractivity contribution < 1.29 is 38.1 Å². The molecule has 0 radical (unpaired) electrons. The standard InChI is InChI=1S/C28H41ClN2O2.HI/c1-3-4-5-6-7-8-9-10-11-12-13-16-21-33-25-18-19-26(27(29)22-25)28(32)30-23-24-17-14-15-20-31(24)2;/h14-15,17-20,22H,3-13,16,21,23H2,1-2H3;1H. The smallest absolute Gasteiger partial charge is 0.253 e. The summed E-state index contributed by atoms with van der Waals surface area (Å²) in [5.41, 5.74) is 1.48. The summed E-state index contributed by atoms with van der Waals surface area (Å²) in [5.74, 6) is 0.533. The molecule has 2 rings (SSSR count). The Labute approximate surface area is 228 Å². The van der Waals surface area contributed by atoms with Crippen LogP contribution in [0.4, 0.5) is 0 Å². The molecule has 0 fully saturated rings. The number of aryl methyl sites for hydroxylation is 1. The number of halogens is 2. The number of aromatic nitrogens is 1. The molecule has 0 unspecified atom stereocenters. The van der Waals surface area contributed by atoms with Crippen LogP contribution in [0.25, 0.3) is 0 Å². The van der Waals surface area contributed by atoms with E-state index in [0.717, 1.165) is 12.1 Å². The van der Waals surface area contributed by atoms with Gasteiger partial charge in [0.25, 0.3) is 5.91 Å². The largest absolute Gasteiger partial charge is 1.00 e. The van der Waals surface area contributed by atoms with Crippen LogP contribution in [-0.2, 0) is 13.6 Å². The minimum Gasteiger partial charge on any atom is -1.00 e. The Bertz CT molecular complexity index is 832. The molecule has 2 aromatic rings. The molecule has 0 aliphatic carbocycles. The highest BCUT2D eigenvalue weighted by molar-refractivity contribution is 6.34. The Hall–Kier alpha value is -1.34. The fraction of sp³-hybridized carbons (Fsp3) is 0.571. The fourth-order valence-electron chi connectivity index (χ4n) is 3.91. The van der Waals surface area contributed by atoms with Gasteiger partial charge in [-0.2, -0.15) is 0 Å². The van der Waals surface area contributed by atoms with Crippen molar-refractivity contribution in [2.75, 3.05) is 6.61 Å². The Morgan fingerprint density at radius 3 is 2.12 bits per heavy atom. The van der Waals surface area contributed by atoms with Crippen LogP contribution in [0.1, 0.15) is 100 Å². The summed E-state index contributed by atoms with van der Waals surface area (Å²) in [4.78, 5) is 12.5. The third-order valence-corrected chi connectivity index (χ3v) is 6.36. The van der Waals surface area contributed by atoms with E-state index in [1.165, 1.54) is 70.6 Å². The van der Waals surface area contributed by atoms with Gasteiger partial charge in [0, 0.05) is 12.1 Å². The predicted octanol–water partition coefficient (Wildman–Crippen LogP) is 4.18. The number of unbranched alkanes of at least 4 members (excludes halogenated alkanes) is 11. The first kappa shape index (κ1) is 30.7. The number of carbonyl (C=O) groups is 1. The van der Waals surface area contributed by atoms with Crippen molar-refractivity contribution in [3.05, 3.63) is 58.9 Å². The van der Waals surface area contributed by atoms with E-state index in [-0.39, 0.29) is 29.9 Å². The summed E-state index contributed by atoms with van der Waals surface area (Å²) >= 11 is 6.35. The minimum atomic E-state index is -0.184.